The number of anilines is 2. The molecule has 1 unspecified atom stereocenters. The Kier molecular flexibility index (Phi) is 6.36. The van der Waals surface area contributed by atoms with Gasteiger partial charge >= 0.3 is 11.9 Å². The molecule has 0 N–H and O–H groups in total. The number of methoxy groups -OCH3 is 2. The van der Waals surface area contributed by atoms with Gasteiger partial charge in [0.1, 0.15) is 0 Å². The second-order valence-electron chi connectivity index (χ2n) is 8.12. The second-order valence-corrected chi connectivity index (χ2v) is 8.12. The van der Waals surface area contributed by atoms with E-state index in [9.17, 15) is 9.59 Å². The number of ether oxygens (including phenoxy) is 2. The molecule has 3 aromatic rings. The number of para-hydroxylation sites is 1. The fraction of sp³-hybridized carbons (Fsp3) is 0.222. The number of rotatable bonds is 6. The van der Waals surface area contributed by atoms with E-state index in [2.05, 4.69) is 0 Å². The number of benzene rings is 3. The summed E-state index contributed by atoms with van der Waals surface area (Å²) in [6.45, 7) is 0. The van der Waals surface area contributed by atoms with Crippen molar-refractivity contribution in [1.82, 2.24) is 0 Å². The van der Waals surface area contributed by atoms with Crippen LogP contribution in [0.15, 0.2) is 89.9 Å². The summed E-state index contributed by atoms with van der Waals surface area (Å²) in [6.07, 6.45) is 0. The van der Waals surface area contributed by atoms with E-state index in [-0.39, 0.29) is 0 Å². The standard InChI is InChI=1S/C27H27N3O4/c1-29(2)21-17-15-20(16-18-21)28-24-23(19-11-7-5-8-12-19)30(22-13-9-6-10-14-22)27(24,25(31)33-3)26(32)34-4/h5-18,23H,1-4H3. The molecule has 0 saturated carbocycles. The molecule has 0 spiro atoms. The van der Waals surface area contributed by atoms with Crippen molar-refractivity contribution in [1.29, 1.82) is 0 Å². The van der Waals surface area contributed by atoms with Crippen LogP contribution in [-0.2, 0) is 19.1 Å². The first-order valence-electron chi connectivity index (χ1n) is 10.9. The van der Waals surface area contributed by atoms with Crippen molar-refractivity contribution in [2.75, 3.05) is 38.1 Å². The summed E-state index contributed by atoms with van der Waals surface area (Å²) < 4.78 is 10.3. The molecular weight excluding hydrogens is 430 g/mol. The lowest BCUT2D eigenvalue weighted by molar-refractivity contribution is -0.159. The van der Waals surface area contributed by atoms with Crippen molar-refractivity contribution in [3.05, 3.63) is 90.5 Å². The predicted molar refractivity (Wildman–Crippen MR) is 133 cm³/mol. The van der Waals surface area contributed by atoms with Crippen LogP contribution < -0.4 is 9.80 Å². The average molecular weight is 458 g/mol. The Balaban J connectivity index is 1.97. The monoisotopic (exact) mass is 457 g/mol. The lowest BCUT2D eigenvalue weighted by atomic mass is 9.72. The zero-order valence-corrected chi connectivity index (χ0v) is 19.6. The molecule has 174 valence electrons. The maximum atomic E-state index is 13.4. The van der Waals surface area contributed by atoms with E-state index >= 15 is 0 Å². The molecule has 7 nitrogen and oxygen atoms in total. The Morgan fingerprint density at radius 2 is 1.35 bits per heavy atom. The summed E-state index contributed by atoms with van der Waals surface area (Å²) in [5, 5.41) is 0. The molecule has 34 heavy (non-hydrogen) atoms. The normalized spacial score (nSPS) is 17.6. The van der Waals surface area contributed by atoms with E-state index in [1.165, 1.54) is 14.2 Å². The van der Waals surface area contributed by atoms with Gasteiger partial charge in [-0.05, 0) is 42.0 Å². The van der Waals surface area contributed by atoms with Gasteiger partial charge in [0.05, 0.1) is 31.7 Å². The van der Waals surface area contributed by atoms with E-state index in [4.69, 9.17) is 14.5 Å². The largest absolute Gasteiger partial charge is 0.467 e. The first-order chi connectivity index (χ1) is 16.4. The quantitative estimate of drug-likeness (QED) is 0.409. The molecule has 3 aromatic carbocycles. The molecule has 1 atom stereocenters. The molecule has 0 aromatic heterocycles. The average Bonchev–Trinajstić information content (AvgIpc) is 2.87. The van der Waals surface area contributed by atoms with Gasteiger partial charge < -0.3 is 19.3 Å². The summed E-state index contributed by atoms with van der Waals surface area (Å²) in [5.41, 5.74) is 1.68. The van der Waals surface area contributed by atoms with Gasteiger partial charge in [-0.1, -0.05) is 48.5 Å². The molecule has 0 amide bonds. The summed E-state index contributed by atoms with van der Waals surface area (Å²) in [4.78, 5) is 35.3. The van der Waals surface area contributed by atoms with Crippen LogP contribution in [0.2, 0.25) is 0 Å². The number of hydrogen-bond donors (Lipinski definition) is 0. The first kappa shape index (κ1) is 23.0. The van der Waals surface area contributed by atoms with Crippen LogP contribution in [0, 0.1) is 0 Å². The Hall–Kier alpha value is -4.13. The Morgan fingerprint density at radius 3 is 1.85 bits per heavy atom. The number of aliphatic imine (C=N–C) groups is 1. The highest BCUT2D eigenvalue weighted by molar-refractivity contribution is 6.37. The lowest BCUT2D eigenvalue weighted by Crippen LogP contribution is -2.78. The fourth-order valence-electron chi connectivity index (χ4n) is 4.34. The Bertz CT molecular complexity index is 1180. The SMILES string of the molecule is COC(=O)C1(C(=O)OC)C(=Nc2ccc(N(C)C)cc2)C(c2ccccc2)N1c1ccccc1. The lowest BCUT2D eigenvalue weighted by Gasteiger charge is -2.56. The minimum absolute atomic E-state index is 0.346. The van der Waals surface area contributed by atoms with E-state index in [1.54, 1.807) is 4.90 Å². The van der Waals surface area contributed by atoms with Crippen molar-refractivity contribution in [2.45, 2.75) is 11.6 Å². The Labute approximate surface area is 199 Å². The highest BCUT2D eigenvalue weighted by Crippen LogP contribution is 2.49. The molecule has 4 rings (SSSR count). The third-order valence-corrected chi connectivity index (χ3v) is 5.98. The summed E-state index contributed by atoms with van der Waals surface area (Å²) in [7, 11) is 6.43. The number of nitrogens with zero attached hydrogens (tertiary/aromatic N) is 3. The van der Waals surface area contributed by atoms with E-state index < -0.39 is 23.5 Å². The van der Waals surface area contributed by atoms with Gasteiger partial charge in [0.2, 0.25) is 0 Å². The van der Waals surface area contributed by atoms with Gasteiger partial charge in [0.15, 0.2) is 0 Å². The summed E-state index contributed by atoms with van der Waals surface area (Å²) in [6, 6.07) is 26.0. The summed E-state index contributed by atoms with van der Waals surface area (Å²) >= 11 is 0. The van der Waals surface area contributed by atoms with Crippen molar-refractivity contribution in [3.8, 4) is 0 Å². The molecule has 1 fully saturated rings. The van der Waals surface area contributed by atoms with Gasteiger partial charge in [-0.3, -0.25) is 4.99 Å². The zero-order valence-electron chi connectivity index (χ0n) is 19.6. The number of hydrogen-bond acceptors (Lipinski definition) is 7. The molecule has 0 aliphatic carbocycles. The first-order valence-corrected chi connectivity index (χ1v) is 10.9. The van der Waals surface area contributed by atoms with Crippen molar-refractivity contribution >= 4 is 34.7 Å². The summed E-state index contributed by atoms with van der Waals surface area (Å²) in [5.74, 6) is -1.50. The third-order valence-electron chi connectivity index (χ3n) is 5.98. The molecule has 1 aliphatic heterocycles. The molecule has 1 saturated heterocycles. The van der Waals surface area contributed by atoms with Crippen LogP contribution >= 0.6 is 0 Å². The van der Waals surface area contributed by atoms with Gasteiger partial charge in [-0.15, -0.1) is 0 Å². The van der Waals surface area contributed by atoms with Crippen LogP contribution in [0.3, 0.4) is 0 Å². The van der Waals surface area contributed by atoms with Crippen LogP contribution in [-0.4, -0.2) is 51.5 Å². The van der Waals surface area contributed by atoms with Crippen LogP contribution in [0.25, 0.3) is 0 Å². The molecule has 1 heterocycles. The van der Waals surface area contributed by atoms with Gasteiger partial charge in [0.25, 0.3) is 5.54 Å². The highest BCUT2D eigenvalue weighted by Gasteiger charge is 2.70. The minimum Gasteiger partial charge on any atom is -0.467 e. The molecule has 0 bridgehead atoms. The highest BCUT2D eigenvalue weighted by atomic mass is 16.5. The predicted octanol–water partition coefficient (Wildman–Crippen LogP) is 4.17. The van der Waals surface area contributed by atoms with Crippen molar-refractivity contribution < 1.29 is 19.1 Å². The molecule has 7 heteroatoms. The van der Waals surface area contributed by atoms with Gasteiger partial charge in [-0.2, -0.15) is 0 Å². The smallest absolute Gasteiger partial charge is 0.349 e. The second kappa shape index (κ2) is 9.39. The van der Waals surface area contributed by atoms with Crippen molar-refractivity contribution in [2.24, 2.45) is 4.99 Å². The fourth-order valence-corrected chi connectivity index (χ4v) is 4.34. The zero-order chi connectivity index (χ0) is 24.3. The van der Waals surface area contributed by atoms with E-state index in [1.807, 2.05) is 104 Å². The van der Waals surface area contributed by atoms with E-state index in [0.717, 1.165) is 11.3 Å². The topological polar surface area (TPSA) is 71.4 Å². The Morgan fingerprint density at radius 1 is 0.824 bits per heavy atom. The number of carbonyl (C=O) groups is 2. The maximum absolute atomic E-state index is 13.4. The number of esters is 2. The van der Waals surface area contributed by atoms with Crippen LogP contribution in [0.1, 0.15) is 11.6 Å². The maximum Gasteiger partial charge on any atom is 0.349 e. The van der Waals surface area contributed by atoms with Crippen LogP contribution in [0.5, 0.6) is 0 Å². The number of carbonyl (C=O) groups excluding carboxylic acids is 2. The molecular formula is C27H27N3O4. The molecule has 1 aliphatic rings. The van der Waals surface area contributed by atoms with Gasteiger partial charge in [-0.25, -0.2) is 9.59 Å². The van der Waals surface area contributed by atoms with Crippen LogP contribution in [0.4, 0.5) is 17.1 Å². The van der Waals surface area contributed by atoms with Crippen molar-refractivity contribution in [3.63, 3.8) is 0 Å². The third kappa shape index (κ3) is 3.69. The van der Waals surface area contributed by atoms with E-state index in [0.29, 0.717) is 17.1 Å². The molecule has 0 radical (unpaired) electrons. The minimum atomic E-state index is -1.86. The van der Waals surface area contributed by atoms with Gasteiger partial charge in [0, 0.05) is 25.5 Å².